The maximum absolute atomic E-state index is 13.6. The second kappa shape index (κ2) is 13.4. The molecule has 0 radical (unpaired) electrons. The van der Waals surface area contributed by atoms with Crippen LogP contribution in [0.15, 0.2) is 18.2 Å². The maximum Gasteiger partial charge on any atom is 0.202 e. The van der Waals surface area contributed by atoms with Crippen LogP contribution in [0, 0.1) is 0 Å². The van der Waals surface area contributed by atoms with E-state index in [1.54, 1.807) is 20.8 Å². The Morgan fingerprint density at radius 3 is 2.34 bits per heavy atom. The molecule has 47 heavy (non-hydrogen) atoms. The monoisotopic (exact) mass is 661 g/mol. The Bertz CT molecular complexity index is 1510. The molecular formula is C33H43NO13. The highest BCUT2D eigenvalue weighted by atomic mass is 16.7. The first kappa shape index (κ1) is 35.1. The summed E-state index contributed by atoms with van der Waals surface area (Å²) in [7, 11) is 0. The fourth-order valence-corrected chi connectivity index (χ4v) is 6.68. The molecule has 2 aromatic carbocycles. The first-order chi connectivity index (χ1) is 22.1. The lowest BCUT2D eigenvalue weighted by Crippen LogP contribution is -2.55. The number of ketones is 2. The molecule has 1 fully saturated rings. The number of phenols is 3. The van der Waals surface area contributed by atoms with Crippen LogP contribution >= 0.6 is 0 Å². The summed E-state index contributed by atoms with van der Waals surface area (Å²) in [5.74, 6) is -3.48. The minimum Gasteiger partial charge on any atom is -0.507 e. The van der Waals surface area contributed by atoms with E-state index in [0.29, 0.717) is 0 Å². The zero-order valence-electron chi connectivity index (χ0n) is 26.6. The molecule has 14 nitrogen and oxygen atoms in total. The van der Waals surface area contributed by atoms with Crippen molar-refractivity contribution >= 4 is 11.6 Å². The lowest BCUT2D eigenvalue weighted by atomic mass is 9.71. The van der Waals surface area contributed by atoms with E-state index >= 15 is 0 Å². The van der Waals surface area contributed by atoms with E-state index in [1.165, 1.54) is 25.1 Å². The third-order valence-corrected chi connectivity index (χ3v) is 9.19. The van der Waals surface area contributed by atoms with Crippen molar-refractivity contribution in [2.24, 2.45) is 5.73 Å². The Morgan fingerprint density at radius 1 is 1.04 bits per heavy atom. The number of fused-ring (bicyclic) bond motifs is 3. The van der Waals surface area contributed by atoms with Gasteiger partial charge in [0.25, 0.3) is 0 Å². The molecule has 14 heteroatoms. The van der Waals surface area contributed by atoms with Gasteiger partial charge in [-0.3, -0.25) is 9.59 Å². The van der Waals surface area contributed by atoms with Gasteiger partial charge in [0.15, 0.2) is 18.4 Å². The van der Waals surface area contributed by atoms with Crippen LogP contribution in [0.1, 0.15) is 96.0 Å². The van der Waals surface area contributed by atoms with E-state index in [1.807, 2.05) is 0 Å². The predicted octanol–water partition coefficient (Wildman–Crippen LogP) is 1.04. The lowest BCUT2D eigenvalue weighted by molar-refractivity contribution is -0.286. The van der Waals surface area contributed by atoms with Crippen molar-refractivity contribution in [3.8, 4) is 17.2 Å². The third kappa shape index (κ3) is 6.49. The molecule has 9 N–H and O–H groups in total. The van der Waals surface area contributed by atoms with Crippen LogP contribution in [-0.4, -0.2) is 109 Å². The number of aliphatic hydroxyl groups excluding tert-OH is 3. The minimum absolute atomic E-state index is 0.0429. The minimum atomic E-state index is -1.88. The van der Waals surface area contributed by atoms with Crippen molar-refractivity contribution in [1.82, 2.24) is 0 Å². The Balaban J connectivity index is 1.48. The molecule has 3 aliphatic rings. The zero-order chi connectivity index (χ0) is 34.5. The first-order valence-electron chi connectivity index (χ1n) is 15.7. The van der Waals surface area contributed by atoms with Gasteiger partial charge in [-0.25, -0.2) is 0 Å². The highest BCUT2D eigenvalue weighted by molar-refractivity contribution is 6.31. The number of benzene rings is 2. The maximum atomic E-state index is 13.6. The van der Waals surface area contributed by atoms with Crippen molar-refractivity contribution in [1.29, 1.82) is 0 Å². The van der Waals surface area contributed by atoms with E-state index < -0.39 is 101 Å². The van der Waals surface area contributed by atoms with E-state index in [9.17, 15) is 45.3 Å². The summed E-state index contributed by atoms with van der Waals surface area (Å²) in [4.78, 5) is 27.1. The van der Waals surface area contributed by atoms with Gasteiger partial charge in [-0.1, -0.05) is 12.1 Å². The quantitative estimate of drug-likeness (QED) is 0.112. The average molecular weight is 662 g/mol. The molecule has 10 atom stereocenters. The number of carbonyl (C=O) groups excluding carboxylic acids is 2. The van der Waals surface area contributed by atoms with Gasteiger partial charge in [-0.05, 0) is 33.8 Å². The lowest BCUT2D eigenvalue weighted by Gasteiger charge is -2.44. The van der Waals surface area contributed by atoms with Crippen molar-refractivity contribution < 1.29 is 64.3 Å². The number of ether oxygens (including phenoxy) is 4. The smallest absolute Gasteiger partial charge is 0.202 e. The summed E-state index contributed by atoms with van der Waals surface area (Å²) in [6.07, 6.45) is -7.85. The summed E-state index contributed by atoms with van der Waals surface area (Å²) in [6, 6.07) is 3.22. The molecule has 1 heterocycles. The standard InChI is InChI=1S/C33H43NO13/c1-13(36)8-22(44-14(2)12-35)47-32-15(3)45-23(9-19(32)34)46-21-11-33(43,16(4)37)10-18-25(21)31(42)27-26(29(18)40)28(39)17-6-5-7-20(38)24(17)30(27)41/h5-7,13-16,19,21-23,32,35-38,40,42-43H,8-12,34H2,1-4H3/t13?,14?,15-,16?,19-,21-,22?,23-,32+,33+/m0/s1. The number of phenolic OH excluding ortho intramolecular Hbond substituents is 3. The van der Waals surface area contributed by atoms with Crippen LogP contribution in [0.4, 0.5) is 0 Å². The van der Waals surface area contributed by atoms with Crippen molar-refractivity contribution in [2.75, 3.05) is 6.61 Å². The highest BCUT2D eigenvalue weighted by Crippen LogP contribution is 2.53. The second-order valence-electron chi connectivity index (χ2n) is 12.9. The Kier molecular flexibility index (Phi) is 10.0. The van der Waals surface area contributed by atoms with Gasteiger partial charge in [0.1, 0.15) is 23.4 Å². The molecule has 5 rings (SSSR count). The van der Waals surface area contributed by atoms with Crippen molar-refractivity contribution in [2.45, 2.75) is 114 Å². The van der Waals surface area contributed by atoms with Crippen LogP contribution in [-0.2, 0) is 25.4 Å². The van der Waals surface area contributed by atoms with E-state index in [0.717, 1.165) is 0 Å². The van der Waals surface area contributed by atoms with E-state index in [4.69, 9.17) is 24.7 Å². The first-order valence-corrected chi connectivity index (χ1v) is 15.7. The zero-order valence-corrected chi connectivity index (χ0v) is 26.6. The number of hydrogen-bond acceptors (Lipinski definition) is 14. The molecule has 258 valence electrons. The summed E-state index contributed by atoms with van der Waals surface area (Å²) >= 11 is 0. The molecule has 4 unspecified atom stereocenters. The normalized spacial score (nSPS) is 29.8. The van der Waals surface area contributed by atoms with Crippen molar-refractivity contribution in [3.63, 3.8) is 0 Å². The van der Waals surface area contributed by atoms with Gasteiger partial charge < -0.3 is 60.4 Å². The van der Waals surface area contributed by atoms with Gasteiger partial charge in [0.05, 0.1) is 59.4 Å². The number of rotatable bonds is 10. The van der Waals surface area contributed by atoms with E-state index in [2.05, 4.69) is 0 Å². The number of aromatic hydroxyl groups is 3. The molecule has 0 amide bonds. The topological polar surface area (TPSA) is 239 Å². The van der Waals surface area contributed by atoms with Gasteiger partial charge in [-0.2, -0.15) is 0 Å². The summed E-state index contributed by atoms with van der Waals surface area (Å²) in [6.45, 7) is 5.99. The fourth-order valence-electron chi connectivity index (χ4n) is 6.68. The molecule has 2 aliphatic carbocycles. The number of aliphatic hydroxyl groups is 4. The van der Waals surface area contributed by atoms with Crippen LogP contribution < -0.4 is 5.73 Å². The molecule has 1 aliphatic heterocycles. The molecule has 0 bridgehead atoms. The third-order valence-electron chi connectivity index (χ3n) is 9.19. The van der Waals surface area contributed by atoms with Gasteiger partial charge >= 0.3 is 0 Å². The van der Waals surface area contributed by atoms with E-state index in [-0.39, 0.29) is 54.5 Å². The molecular weight excluding hydrogens is 618 g/mol. The molecule has 2 aromatic rings. The summed E-state index contributed by atoms with van der Waals surface area (Å²) < 4.78 is 24.2. The van der Waals surface area contributed by atoms with Crippen LogP contribution in [0.2, 0.25) is 0 Å². The average Bonchev–Trinajstić information content (AvgIpc) is 2.98. The van der Waals surface area contributed by atoms with Gasteiger partial charge in [0.2, 0.25) is 5.78 Å². The fraction of sp³-hybridized carbons (Fsp3) is 0.576. The molecule has 0 spiro atoms. The highest BCUT2D eigenvalue weighted by Gasteiger charge is 2.49. The number of carbonyl (C=O) groups is 2. The van der Waals surface area contributed by atoms with Gasteiger partial charge in [0, 0.05) is 48.4 Å². The Hall–Kier alpha value is -3.18. The second-order valence-corrected chi connectivity index (χ2v) is 12.9. The largest absolute Gasteiger partial charge is 0.507 e. The molecule has 0 aromatic heterocycles. The summed E-state index contributed by atoms with van der Waals surface area (Å²) in [5, 5.41) is 74.9. The Morgan fingerprint density at radius 2 is 1.72 bits per heavy atom. The van der Waals surface area contributed by atoms with Crippen LogP contribution in [0.25, 0.3) is 0 Å². The summed E-state index contributed by atoms with van der Waals surface area (Å²) in [5.41, 5.74) is 3.00. The predicted molar refractivity (Wildman–Crippen MR) is 163 cm³/mol. The number of nitrogens with two attached hydrogens (primary N) is 1. The number of hydrogen-bond donors (Lipinski definition) is 8. The Labute approximate surface area is 271 Å². The molecule has 0 saturated carbocycles. The van der Waals surface area contributed by atoms with Crippen molar-refractivity contribution in [3.05, 3.63) is 51.6 Å². The van der Waals surface area contributed by atoms with Crippen LogP contribution in [0.3, 0.4) is 0 Å². The SMILES string of the molecule is CC(O)CC(OC(C)CO)O[C@@H]1[C@H](C)O[C@@H](O[C@H]2C[C@@](O)(C(C)O)Cc3c(O)c4c(c(O)c32)C(=O)c2c(O)cccc2C4=O)C[C@@H]1N. The van der Waals surface area contributed by atoms with Crippen LogP contribution in [0.5, 0.6) is 17.2 Å². The van der Waals surface area contributed by atoms with Gasteiger partial charge in [-0.15, -0.1) is 0 Å². The molecule has 1 saturated heterocycles.